The highest BCUT2D eigenvalue weighted by atomic mass is 16.2. The summed E-state index contributed by atoms with van der Waals surface area (Å²) in [6, 6.07) is -0.566. The molecule has 1 saturated heterocycles. The van der Waals surface area contributed by atoms with Crippen molar-refractivity contribution in [3.63, 3.8) is 0 Å². The first-order valence-electron chi connectivity index (χ1n) is 5.68. The molecule has 0 aromatic carbocycles. The molecule has 7 heteroatoms. The molecule has 1 aliphatic rings. The van der Waals surface area contributed by atoms with Crippen LogP contribution in [-0.4, -0.2) is 42.3 Å². The third-order valence-corrected chi connectivity index (χ3v) is 2.61. The fraction of sp³-hybridized carbons (Fsp3) is 0.700. The molecule has 0 spiro atoms. The minimum atomic E-state index is -0.566. The van der Waals surface area contributed by atoms with Gasteiger partial charge in [0.1, 0.15) is 6.04 Å². The summed E-state index contributed by atoms with van der Waals surface area (Å²) in [6.07, 6.45) is 2.12. The molecule has 0 aliphatic carbocycles. The van der Waals surface area contributed by atoms with Crippen LogP contribution in [0.1, 0.15) is 26.2 Å². The van der Waals surface area contributed by atoms with E-state index in [1.54, 1.807) is 0 Å². The molecule has 2 amide bonds. The van der Waals surface area contributed by atoms with E-state index >= 15 is 0 Å². The Morgan fingerprint density at radius 1 is 1.59 bits per heavy atom. The zero-order valence-electron chi connectivity index (χ0n) is 10.2. The molecule has 0 aromatic heterocycles. The van der Waals surface area contributed by atoms with E-state index in [0.29, 0.717) is 12.5 Å². The second kappa shape index (κ2) is 6.19. The molecule has 1 aliphatic heterocycles. The van der Waals surface area contributed by atoms with Gasteiger partial charge >= 0.3 is 0 Å². The predicted octanol–water partition coefficient (Wildman–Crippen LogP) is -1.05. The minimum Gasteiger partial charge on any atom is -0.343 e. The average Bonchev–Trinajstić information content (AvgIpc) is 2.56. The topological polar surface area (TPSA) is 99.8 Å². The molecular formula is C10H19N5O2. The predicted molar refractivity (Wildman–Crippen MR) is 63.9 cm³/mol. The number of hydrogen-bond acceptors (Lipinski definition) is 4. The van der Waals surface area contributed by atoms with Crippen molar-refractivity contribution in [1.29, 1.82) is 0 Å². The summed E-state index contributed by atoms with van der Waals surface area (Å²) < 4.78 is 0. The Bertz CT molecular complexity index is 329. The van der Waals surface area contributed by atoms with E-state index in [4.69, 9.17) is 5.84 Å². The van der Waals surface area contributed by atoms with Crippen molar-refractivity contribution in [2.45, 2.75) is 32.2 Å². The number of rotatable bonds is 4. The van der Waals surface area contributed by atoms with Crippen molar-refractivity contribution in [2.75, 3.05) is 13.6 Å². The lowest BCUT2D eigenvalue weighted by atomic mass is 10.2. The smallest absolute Gasteiger partial charge is 0.252 e. The fourth-order valence-electron chi connectivity index (χ4n) is 1.52. The fourth-order valence-corrected chi connectivity index (χ4v) is 1.52. The van der Waals surface area contributed by atoms with Crippen LogP contribution >= 0.6 is 0 Å². The van der Waals surface area contributed by atoms with Gasteiger partial charge in [0, 0.05) is 13.6 Å². The Morgan fingerprint density at radius 2 is 2.29 bits per heavy atom. The van der Waals surface area contributed by atoms with Gasteiger partial charge in [-0.3, -0.25) is 24.9 Å². The lowest BCUT2D eigenvalue weighted by molar-refractivity contribution is -0.137. The Morgan fingerprint density at radius 3 is 2.76 bits per heavy atom. The SMILES string of the molecule is CCCCN=C(NN)NC1CC(=O)N(C)C1=O. The summed E-state index contributed by atoms with van der Waals surface area (Å²) in [7, 11) is 1.47. The summed E-state index contributed by atoms with van der Waals surface area (Å²) in [4.78, 5) is 28.2. The molecule has 0 aromatic rings. The van der Waals surface area contributed by atoms with E-state index in [9.17, 15) is 9.59 Å². The van der Waals surface area contributed by atoms with Crippen LogP contribution in [0.4, 0.5) is 0 Å². The van der Waals surface area contributed by atoms with Crippen molar-refractivity contribution < 1.29 is 9.59 Å². The highest BCUT2D eigenvalue weighted by Gasteiger charge is 2.36. The van der Waals surface area contributed by atoms with Crippen LogP contribution in [0.5, 0.6) is 0 Å². The van der Waals surface area contributed by atoms with Gasteiger partial charge in [-0.1, -0.05) is 13.3 Å². The van der Waals surface area contributed by atoms with Gasteiger partial charge < -0.3 is 5.32 Å². The molecule has 1 atom stereocenters. The summed E-state index contributed by atoms with van der Waals surface area (Å²) in [5.74, 6) is 5.19. The number of nitrogens with two attached hydrogens (primary N) is 1. The third kappa shape index (κ3) is 3.42. The standard InChI is InChI=1S/C10H19N5O2/c1-3-4-5-12-10(14-11)13-7-6-8(16)15(2)9(7)17/h7H,3-6,11H2,1-2H3,(H2,12,13,14). The van der Waals surface area contributed by atoms with Crippen molar-refractivity contribution in [3.8, 4) is 0 Å². The molecule has 7 nitrogen and oxygen atoms in total. The highest BCUT2D eigenvalue weighted by Crippen LogP contribution is 2.10. The van der Waals surface area contributed by atoms with Crippen LogP contribution in [0.2, 0.25) is 0 Å². The number of likely N-dealkylation sites (N-methyl/N-ethyl adjacent to an activating group) is 1. The third-order valence-electron chi connectivity index (χ3n) is 2.61. The molecule has 1 fully saturated rings. The number of unbranched alkanes of at least 4 members (excludes halogenated alkanes) is 1. The van der Waals surface area contributed by atoms with Crippen LogP contribution in [0.25, 0.3) is 0 Å². The summed E-state index contributed by atoms with van der Waals surface area (Å²) in [5.41, 5.74) is 2.39. The van der Waals surface area contributed by atoms with Gasteiger partial charge in [-0.05, 0) is 6.42 Å². The Balaban J connectivity index is 2.54. The molecule has 4 N–H and O–H groups in total. The maximum Gasteiger partial charge on any atom is 0.252 e. The maximum absolute atomic E-state index is 11.6. The van der Waals surface area contributed by atoms with E-state index in [2.05, 4.69) is 22.7 Å². The minimum absolute atomic E-state index is 0.143. The first-order chi connectivity index (χ1) is 8.10. The number of nitrogens with zero attached hydrogens (tertiary/aromatic N) is 2. The number of nitrogens with one attached hydrogen (secondary N) is 2. The average molecular weight is 241 g/mol. The number of hydrazine groups is 1. The van der Waals surface area contributed by atoms with Gasteiger partial charge in [0.15, 0.2) is 0 Å². The zero-order valence-corrected chi connectivity index (χ0v) is 10.2. The quantitative estimate of drug-likeness (QED) is 0.146. The van der Waals surface area contributed by atoms with Crippen molar-refractivity contribution in [1.82, 2.24) is 15.6 Å². The second-order valence-electron chi connectivity index (χ2n) is 3.92. The van der Waals surface area contributed by atoms with Gasteiger partial charge in [0.05, 0.1) is 6.42 Å². The van der Waals surface area contributed by atoms with Crippen molar-refractivity contribution in [3.05, 3.63) is 0 Å². The van der Waals surface area contributed by atoms with Gasteiger partial charge in [-0.25, -0.2) is 5.84 Å². The molecule has 17 heavy (non-hydrogen) atoms. The summed E-state index contributed by atoms with van der Waals surface area (Å²) >= 11 is 0. The molecule has 0 radical (unpaired) electrons. The van der Waals surface area contributed by atoms with E-state index < -0.39 is 6.04 Å². The van der Waals surface area contributed by atoms with Gasteiger partial charge in [-0.15, -0.1) is 0 Å². The number of carbonyl (C=O) groups is 2. The van der Waals surface area contributed by atoms with Crippen LogP contribution in [0, 0.1) is 0 Å². The van der Waals surface area contributed by atoms with Crippen molar-refractivity contribution >= 4 is 17.8 Å². The molecule has 1 unspecified atom stereocenters. The van der Waals surface area contributed by atoms with Gasteiger partial charge in [0.2, 0.25) is 11.9 Å². The lowest BCUT2D eigenvalue weighted by Gasteiger charge is -2.13. The number of amides is 2. The number of hydrogen-bond donors (Lipinski definition) is 3. The van der Waals surface area contributed by atoms with E-state index in [0.717, 1.165) is 17.7 Å². The molecule has 0 saturated carbocycles. The van der Waals surface area contributed by atoms with Crippen molar-refractivity contribution in [2.24, 2.45) is 10.8 Å². The van der Waals surface area contributed by atoms with E-state index in [1.807, 2.05) is 0 Å². The van der Waals surface area contributed by atoms with Crippen LogP contribution in [-0.2, 0) is 9.59 Å². The van der Waals surface area contributed by atoms with E-state index in [1.165, 1.54) is 7.05 Å². The highest BCUT2D eigenvalue weighted by molar-refractivity contribution is 6.06. The molecule has 1 heterocycles. The summed E-state index contributed by atoms with van der Waals surface area (Å²) in [6.45, 7) is 2.69. The number of likely N-dealkylation sites (tertiary alicyclic amines) is 1. The number of imide groups is 1. The van der Waals surface area contributed by atoms with Crippen LogP contribution in [0.3, 0.4) is 0 Å². The molecular weight excluding hydrogens is 222 g/mol. The Hall–Kier alpha value is -1.63. The van der Waals surface area contributed by atoms with Gasteiger partial charge in [0.25, 0.3) is 5.91 Å². The summed E-state index contributed by atoms with van der Waals surface area (Å²) in [5, 5.41) is 2.84. The normalized spacial score (nSPS) is 21.0. The molecule has 1 rings (SSSR count). The maximum atomic E-state index is 11.6. The van der Waals surface area contributed by atoms with Crippen LogP contribution < -0.4 is 16.6 Å². The van der Waals surface area contributed by atoms with Crippen LogP contribution in [0.15, 0.2) is 4.99 Å². The first-order valence-corrected chi connectivity index (χ1v) is 5.68. The largest absolute Gasteiger partial charge is 0.343 e. The number of carbonyl (C=O) groups excluding carboxylic acids is 2. The Labute approximate surface area is 100 Å². The van der Waals surface area contributed by atoms with Gasteiger partial charge in [-0.2, -0.15) is 0 Å². The first kappa shape index (κ1) is 13.4. The zero-order chi connectivity index (χ0) is 12.8. The molecule has 96 valence electrons. The second-order valence-corrected chi connectivity index (χ2v) is 3.92. The lowest BCUT2D eigenvalue weighted by Crippen LogP contribution is -2.49. The molecule has 0 bridgehead atoms. The number of guanidine groups is 1. The monoisotopic (exact) mass is 241 g/mol. The van der Waals surface area contributed by atoms with E-state index in [-0.39, 0.29) is 18.2 Å². The number of aliphatic imine (C=N–C) groups is 1. The Kier molecular flexibility index (Phi) is 4.89.